The van der Waals surface area contributed by atoms with Gasteiger partial charge in [0.25, 0.3) is 5.91 Å². The molecule has 1 heterocycles. The molecule has 19 heavy (non-hydrogen) atoms. The first kappa shape index (κ1) is 13.6. The molecule has 0 aromatic heterocycles. The van der Waals surface area contributed by atoms with Gasteiger partial charge in [-0.3, -0.25) is 10.1 Å². The summed E-state index contributed by atoms with van der Waals surface area (Å²) in [6, 6.07) is 5.17. The van der Waals surface area contributed by atoms with Gasteiger partial charge in [0.1, 0.15) is 18.1 Å². The smallest absolute Gasteiger partial charge is 0.273 e. The highest BCUT2D eigenvalue weighted by molar-refractivity contribution is 7.80. The number of nitrogens with one attached hydrogen (secondary N) is 2. The van der Waals surface area contributed by atoms with Crippen molar-refractivity contribution in [2.24, 2.45) is 0 Å². The molecule has 0 spiro atoms. The predicted octanol–water partition coefficient (Wildman–Crippen LogP) is 2.25. The van der Waals surface area contributed by atoms with Gasteiger partial charge >= 0.3 is 0 Å². The minimum Gasteiger partial charge on any atom is -0.489 e. The van der Waals surface area contributed by atoms with Crippen LogP contribution in [0.4, 0.5) is 0 Å². The summed E-state index contributed by atoms with van der Waals surface area (Å²) in [5, 5.41) is 6.09. The fourth-order valence-electron chi connectivity index (χ4n) is 1.55. The van der Waals surface area contributed by atoms with Gasteiger partial charge in [-0.1, -0.05) is 24.3 Å². The molecule has 0 saturated carbocycles. The summed E-state index contributed by atoms with van der Waals surface area (Å²) in [4.78, 5) is 11.6. The zero-order valence-electron chi connectivity index (χ0n) is 9.90. The molecule has 1 aromatic carbocycles. The Bertz CT molecular complexity index is 584. The molecular formula is C13H11ClN2O2S. The van der Waals surface area contributed by atoms with Crippen LogP contribution in [0.1, 0.15) is 5.56 Å². The second kappa shape index (κ2) is 5.86. The van der Waals surface area contributed by atoms with Crippen LogP contribution in [0.25, 0.3) is 6.08 Å². The molecule has 0 bridgehead atoms. The lowest BCUT2D eigenvalue weighted by Gasteiger charge is -2.08. The third kappa shape index (κ3) is 3.33. The summed E-state index contributed by atoms with van der Waals surface area (Å²) in [5.74, 6) is 0.337. The van der Waals surface area contributed by atoms with E-state index in [4.69, 9.17) is 28.6 Å². The Kier molecular flexibility index (Phi) is 4.19. The Morgan fingerprint density at radius 2 is 2.21 bits per heavy atom. The Hall–Kier alpha value is -1.85. The van der Waals surface area contributed by atoms with Crippen molar-refractivity contribution in [2.45, 2.75) is 0 Å². The number of carbonyl (C=O) groups is 1. The van der Waals surface area contributed by atoms with E-state index in [9.17, 15) is 4.79 Å². The number of rotatable bonds is 4. The molecule has 2 N–H and O–H groups in total. The highest BCUT2D eigenvalue weighted by Crippen LogP contribution is 2.25. The molecule has 0 radical (unpaired) electrons. The molecule has 1 aromatic rings. The molecule has 1 fully saturated rings. The number of thiocarbonyl (C=S) groups is 1. The van der Waals surface area contributed by atoms with Gasteiger partial charge in [0.15, 0.2) is 5.11 Å². The van der Waals surface area contributed by atoms with Crippen LogP contribution in [0.2, 0.25) is 5.02 Å². The summed E-state index contributed by atoms with van der Waals surface area (Å²) in [6.07, 6.45) is 3.28. The van der Waals surface area contributed by atoms with E-state index in [0.717, 1.165) is 0 Å². The van der Waals surface area contributed by atoms with Crippen molar-refractivity contribution >= 4 is 40.9 Å². The highest BCUT2D eigenvalue weighted by atomic mass is 35.5. The van der Waals surface area contributed by atoms with Crippen molar-refractivity contribution in [3.63, 3.8) is 0 Å². The molecule has 6 heteroatoms. The van der Waals surface area contributed by atoms with E-state index in [0.29, 0.717) is 28.6 Å². The van der Waals surface area contributed by atoms with Gasteiger partial charge in [-0.05, 0) is 36.5 Å². The SMILES string of the molecule is C=CCOc1ccc(Cl)cc1/C=C1/NC(=S)NC1=O. The Morgan fingerprint density at radius 1 is 1.42 bits per heavy atom. The van der Waals surface area contributed by atoms with Crippen molar-refractivity contribution in [1.82, 2.24) is 10.6 Å². The maximum absolute atomic E-state index is 11.6. The Balaban J connectivity index is 2.35. The highest BCUT2D eigenvalue weighted by Gasteiger charge is 2.20. The quantitative estimate of drug-likeness (QED) is 0.508. The lowest BCUT2D eigenvalue weighted by molar-refractivity contribution is -0.115. The van der Waals surface area contributed by atoms with E-state index < -0.39 is 0 Å². The number of ether oxygens (including phenoxy) is 1. The second-order valence-corrected chi connectivity index (χ2v) is 4.59. The van der Waals surface area contributed by atoms with Gasteiger partial charge in [-0.2, -0.15) is 0 Å². The fraction of sp³-hybridized carbons (Fsp3) is 0.0769. The maximum Gasteiger partial charge on any atom is 0.273 e. The summed E-state index contributed by atoms with van der Waals surface area (Å²) in [5.41, 5.74) is 1.05. The molecule has 98 valence electrons. The molecular weight excluding hydrogens is 284 g/mol. The first-order valence-corrected chi connectivity index (χ1v) is 6.26. The van der Waals surface area contributed by atoms with Crippen LogP contribution < -0.4 is 15.4 Å². The molecule has 0 unspecified atom stereocenters. The molecule has 1 aliphatic rings. The van der Waals surface area contributed by atoms with Gasteiger partial charge in [0.2, 0.25) is 0 Å². The predicted molar refractivity (Wildman–Crippen MR) is 79.0 cm³/mol. The minimum absolute atomic E-state index is 0.278. The standard InChI is InChI=1S/C13H11ClN2O2S/c1-2-5-18-11-4-3-9(14)6-8(11)7-10-12(17)16-13(19)15-10/h2-4,6-7H,1,5H2,(H2,15,16,17,19)/b10-7+. The van der Waals surface area contributed by atoms with Gasteiger partial charge in [-0.15, -0.1) is 0 Å². The number of benzene rings is 1. The molecule has 1 saturated heterocycles. The van der Waals surface area contributed by atoms with Crippen LogP contribution in [0.15, 0.2) is 36.6 Å². The van der Waals surface area contributed by atoms with Gasteiger partial charge in [0, 0.05) is 10.6 Å². The molecule has 0 aliphatic carbocycles. The van der Waals surface area contributed by atoms with Crippen molar-refractivity contribution in [3.8, 4) is 5.75 Å². The van der Waals surface area contributed by atoms with Crippen LogP contribution in [0, 0.1) is 0 Å². The van der Waals surface area contributed by atoms with E-state index in [-0.39, 0.29) is 11.0 Å². The average molecular weight is 295 g/mol. The maximum atomic E-state index is 11.6. The van der Waals surface area contributed by atoms with Crippen molar-refractivity contribution < 1.29 is 9.53 Å². The largest absolute Gasteiger partial charge is 0.489 e. The van der Waals surface area contributed by atoms with Crippen molar-refractivity contribution in [1.29, 1.82) is 0 Å². The van der Waals surface area contributed by atoms with E-state index in [1.807, 2.05) is 0 Å². The fourth-order valence-corrected chi connectivity index (χ4v) is 1.93. The molecule has 4 nitrogen and oxygen atoms in total. The lowest BCUT2D eigenvalue weighted by Crippen LogP contribution is -2.21. The summed E-state index contributed by atoms with van der Waals surface area (Å²) in [6.45, 7) is 3.96. The Labute approximate surface area is 121 Å². The summed E-state index contributed by atoms with van der Waals surface area (Å²) in [7, 11) is 0. The van der Waals surface area contributed by atoms with E-state index >= 15 is 0 Å². The number of carbonyl (C=O) groups excluding carboxylic acids is 1. The number of halogens is 1. The van der Waals surface area contributed by atoms with Gasteiger partial charge < -0.3 is 10.1 Å². The van der Waals surface area contributed by atoms with Crippen LogP contribution in [-0.4, -0.2) is 17.6 Å². The third-order valence-corrected chi connectivity index (χ3v) is 2.79. The van der Waals surface area contributed by atoms with E-state index in [1.54, 1.807) is 30.4 Å². The second-order valence-electron chi connectivity index (χ2n) is 3.75. The van der Waals surface area contributed by atoms with Crippen LogP contribution in [-0.2, 0) is 4.79 Å². The lowest BCUT2D eigenvalue weighted by atomic mass is 10.1. The van der Waals surface area contributed by atoms with Crippen LogP contribution in [0.5, 0.6) is 5.75 Å². The molecule has 0 atom stereocenters. The topological polar surface area (TPSA) is 50.4 Å². The summed E-state index contributed by atoms with van der Waals surface area (Å²) >= 11 is 10.8. The molecule has 1 amide bonds. The van der Waals surface area contributed by atoms with Crippen LogP contribution >= 0.6 is 23.8 Å². The van der Waals surface area contributed by atoms with E-state index in [2.05, 4.69) is 17.2 Å². The average Bonchev–Trinajstić information content (AvgIpc) is 2.67. The minimum atomic E-state index is -0.278. The molecule has 2 rings (SSSR count). The van der Waals surface area contributed by atoms with Gasteiger partial charge in [0.05, 0.1) is 0 Å². The summed E-state index contributed by atoms with van der Waals surface area (Å²) < 4.78 is 5.50. The Morgan fingerprint density at radius 3 is 2.84 bits per heavy atom. The monoisotopic (exact) mass is 294 g/mol. The van der Waals surface area contributed by atoms with Crippen molar-refractivity contribution in [3.05, 3.63) is 47.1 Å². The first-order valence-electron chi connectivity index (χ1n) is 5.47. The number of hydrogen-bond donors (Lipinski definition) is 2. The first-order chi connectivity index (χ1) is 9.10. The molecule has 1 aliphatic heterocycles. The normalized spacial score (nSPS) is 16.2. The van der Waals surface area contributed by atoms with Crippen molar-refractivity contribution in [2.75, 3.05) is 6.61 Å². The number of hydrogen-bond acceptors (Lipinski definition) is 3. The van der Waals surface area contributed by atoms with Gasteiger partial charge in [-0.25, -0.2) is 0 Å². The zero-order chi connectivity index (χ0) is 13.8. The third-order valence-electron chi connectivity index (χ3n) is 2.35. The van der Waals surface area contributed by atoms with Crippen LogP contribution in [0.3, 0.4) is 0 Å². The zero-order valence-corrected chi connectivity index (χ0v) is 11.5. The van der Waals surface area contributed by atoms with E-state index in [1.165, 1.54) is 0 Å². The number of amides is 1.